The van der Waals surface area contributed by atoms with Crippen LogP contribution in [0, 0.1) is 34.0 Å². The van der Waals surface area contributed by atoms with Gasteiger partial charge in [0, 0.05) is 0 Å². The van der Waals surface area contributed by atoms with Crippen molar-refractivity contribution in [2.24, 2.45) is 17.1 Å². The molecule has 2 N–H and O–H groups in total. The van der Waals surface area contributed by atoms with Crippen molar-refractivity contribution < 1.29 is 9.59 Å². The lowest BCUT2D eigenvalue weighted by atomic mass is 9.57. The Labute approximate surface area is 111 Å². The van der Waals surface area contributed by atoms with Crippen molar-refractivity contribution in [3.8, 4) is 12.1 Å². The van der Waals surface area contributed by atoms with Crippen LogP contribution in [0.3, 0.4) is 0 Å². The number of likely N-dealkylation sites (tertiary alicyclic amines) is 1. The van der Waals surface area contributed by atoms with Crippen molar-refractivity contribution in [3.63, 3.8) is 0 Å². The van der Waals surface area contributed by atoms with Crippen LogP contribution in [0.15, 0.2) is 0 Å². The normalized spacial score (nSPS) is 37.3. The fourth-order valence-electron chi connectivity index (χ4n) is 3.78. The third-order valence-electron chi connectivity index (χ3n) is 4.52. The smallest absolute Gasteiger partial charge is 0.322 e. The molecular weight excluding hydrogens is 244 g/mol. The second-order valence-electron chi connectivity index (χ2n) is 5.82. The average Bonchev–Trinajstić information content (AvgIpc) is 2.27. The number of urea groups is 1. The van der Waals surface area contributed by atoms with Gasteiger partial charge in [0.25, 0.3) is 0 Å². The molecule has 1 heterocycles. The predicted octanol–water partition coefficient (Wildman–Crippen LogP) is 1.28. The van der Waals surface area contributed by atoms with Crippen molar-refractivity contribution in [2.45, 2.75) is 44.6 Å². The summed E-state index contributed by atoms with van der Waals surface area (Å²) in [6.07, 6.45) is 2.70. The molecule has 2 aliphatic rings. The largest absolute Gasteiger partial charge is 0.351 e. The third-order valence-corrected chi connectivity index (χ3v) is 4.52. The van der Waals surface area contributed by atoms with Crippen LogP contribution in [-0.4, -0.2) is 22.4 Å². The maximum Gasteiger partial charge on any atom is 0.322 e. The highest BCUT2D eigenvalue weighted by Crippen LogP contribution is 2.54. The second kappa shape index (κ2) is 4.24. The molecule has 1 saturated heterocycles. The summed E-state index contributed by atoms with van der Waals surface area (Å²) in [6.45, 7) is 1.89. The van der Waals surface area contributed by atoms with E-state index < -0.39 is 28.8 Å². The minimum absolute atomic E-state index is 0.0788. The molecule has 19 heavy (non-hydrogen) atoms. The molecule has 1 aliphatic heterocycles. The molecule has 6 nitrogen and oxygen atoms in total. The van der Waals surface area contributed by atoms with Crippen LogP contribution >= 0.6 is 0 Å². The Morgan fingerprint density at radius 3 is 2.74 bits per heavy atom. The number of amides is 3. The van der Waals surface area contributed by atoms with Gasteiger partial charge in [0.05, 0.1) is 24.1 Å². The first-order valence-electron chi connectivity index (χ1n) is 6.30. The highest BCUT2D eigenvalue weighted by molar-refractivity contribution is 5.98. The molecule has 0 spiro atoms. The van der Waals surface area contributed by atoms with E-state index in [2.05, 4.69) is 6.07 Å². The number of nitrogens with two attached hydrogens (primary N) is 1. The highest BCUT2D eigenvalue weighted by atomic mass is 16.2. The lowest BCUT2D eigenvalue weighted by Crippen LogP contribution is -2.67. The topological polar surface area (TPSA) is 111 Å². The fraction of sp³-hybridized carbons (Fsp3) is 0.692. The molecule has 3 amide bonds. The molecule has 1 saturated carbocycles. The van der Waals surface area contributed by atoms with Crippen LogP contribution in [0.2, 0.25) is 0 Å². The van der Waals surface area contributed by atoms with Gasteiger partial charge in [0.1, 0.15) is 5.92 Å². The van der Waals surface area contributed by atoms with Crippen LogP contribution in [0.4, 0.5) is 4.79 Å². The summed E-state index contributed by atoms with van der Waals surface area (Å²) in [5.74, 6) is -1.40. The van der Waals surface area contributed by atoms with E-state index in [0.29, 0.717) is 12.8 Å². The monoisotopic (exact) mass is 260 g/mol. The summed E-state index contributed by atoms with van der Waals surface area (Å²) >= 11 is 0. The summed E-state index contributed by atoms with van der Waals surface area (Å²) in [7, 11) is 0. The van der Waals surface area contributed by atoms with Gasteiger partial charge < -0.3 is 5.73 Å². The van der Waals surface area contributed by atoms with Gasteiger partial charge in [-0.2, -0.15) is 10.5 Å². The molecule has 2 bridgehead atoms. The van der Waals surface area contributed by atoms with Gasteiger partial charge in [-0.25, -0.2) is 4.79 Å². The minimum atomic E-state index is -0.857. The van der Waals surface area contributed by atoms with E-state index in [-0.39, 0.29) is 6.42 Å². The fourth-order valence-corrected chi connectivity index (χ4v) is 3.78. The molecule has 6 heteroatoms. The molecule has 0 radical (unpaired) electrons. The number of hydrogen-bond donors (Lipinski definition) is 1. The number of nitrogens with zero attached hydrogens (tertiary/aromatic N) is 3. The van der Waals surface area contributed by atoms with Gasteiger partial charge in [0.15, 0.2) is 0 Å². The van der Waals surface area contributed by atoms with Crippen molar-refractivity contribution >= 4 is 11.9 Å². The van der Waals surface area contributed by atoms with Gasteiger partial charge >= 0.3 is 6.03 Å². The summed E-state index contributed by atoms with van der Waals surface area (Å²) in [4.78, 5) is 25.0. The van der Waals surface area contributed by atoms with Crippen LogP contribution in [0.5, 0.6) is 0 Å². The Hall–Kier alpha value is -2.08. The van der Waals surface area contributed by atoms with Gasteiger partial charge in [0.2, 0.25) is 5.91 Å². The number of carbonyl (C=O) groups is 2. The first-order chi connectivity index (χ1) is 8.90. The number of piperidine rings is 1. The third kappa shape index (κ3) is 1.76. The molecule has 2 fully saturated rings. The SMILES string of the molecule is C[C@]12CCC[C@](CC#N)(C1)N(C(N)=O)C(=O)[C@@H]2C#N. The number of fused-ring (bicyclic) bond motifs is 2. The second-order valence-corrected chi connectivity index (χ2v) is 5.82. The van der Waals surface area contributed by atoms with E-state index >= 15 is 0 Å². The first-order valence-corrected chi connectivity index (χ1v) is 6.30. The summed E-state index contributed by atoms with van der Waals surface area (Å²) in [6, 6.07) is 3.21. The van der Waals surface area contributed by atoms with Crippen molar-refractivity contribution in [3.05, 3.63) is 0 Å². The van der Waals surface area contributed by atoms with E-state index in [0.717, 1.165) is 17.7 Å². The molecule has 0 unspecified atom stereocenters. The maximum atomic E-state index is 12.4. The number of rotatable bonds is 1. The van der Waals surface area contributed by atoms with E-state index in [4.69, 9.17) is 11.0 Å². The quantitative estimate of drug-likeness (QED) is 0.765. The molecule has 1 aliphatic carbocycles. The summed E-state index contributed by atoms with van der Waals surface area (Å²) in [5, 5.41) is 18.3. The Bertz CT molecular complexity index is 518. The highest BCUT2D eigenvalue weighted by Gasteiger charge is 2.59. The van der Waals surface area contributed by atoms with E-state index in [1.54, 1.807) is 0 Å². The van der Waals surface area contributed by atoms with E-state index in [1.165, 1.54) is 0 Å². The van der Waals surface area contributed by atoms with Crippen LogP contribution in [-0.2, 0) is 4.79 Å². The average molecular weight is 260 g/mol. The zero-order valence-electron chi connectivity index (χ0n) is 10.8. The minimum Gasteiger partial charge on any atom is -0.351 e. The van der Waals surface area contributed by atoms with Crippen molar-refractivity contribution in [2.75, 3.05) is 0 Å². The number of hydrogen-bond acceptors (Lipinski definition) is 4. The summed E-state index contributed by atoms with van der Waals surface area (Å²) in [5.41, 5.74) is 4.03. The maximum absolute atomic E-state index is 12.4. The van der Waals surface area contributed by atoms with Crippen molar-refractivity contribution in [1.29, 1.82) is 10.5 Å². The molecular formula is C13H16N4O2. The van der Waals surface area contributed by atoms with Gasteiger partial charge in [-0.3, -0.25) is 9.69 Å². The van der Waals surface area contributed by atoms with Gasteiger partial charge in [-0.1, -0.05) is 13.3 Å². The molecule has 0 aromatic rings. The number of imide groups is 1. The lowest BCUT2D eigenvalue weighted by Gasteiger charge is -2.55. The molecule has 2 rings (SSSR count). The van der Waals surface area contributed by atoms with Crippen LogP contribution in [0.25, 0.3) is 0 Å². The van der Waals surface area contributed by atoms with Crippen LogP contribution in [0.1, 0.15) is 39.0 Å². The van der Waals surface area contributed by atoms with E-state index in [9.17, 15) is 14.9 Å². The number of carbonyl (C=O) groups excluding carboxylic acids is 2. The number of primary amides is 1. The first kappa shape index (κ1) is 13.4. The molecule has 3 atom stereocenters. The van der Waals surface area contributed by atoms with Gasteiger partial charge in [-0.05, 0) is 24.7 Å². The van der Waals surface area contributed by atoms with Crippen LogP contribution < -0.4 is 5.73 Å². The van der Waals surface area contributed by atoms with Crippen molar-refractivity contribution in [1.82, 2.24) is 4.90 Å². The summed E-state index contributed by atoms with van der Waals surface area (Å²) < 4.78 is 0. The zero-order valence-corrected chi connectivity index (χ0v) is 10.8. The molecule has 100 valence electrons. The molecule has 0 aromatic heterocycles. The van der Waals surface area contributed by atoms with E-state index in [1.807, 2.05) is 13.0 Å². The zero-order chi connectivity index (χ0) is 14.3. The lowest BCUT2D eigenvalue weighted by molar-refractivity contribution is -0.153. The Balaban J connectivity index is 2.54. The Morgan fingerprint density at radius 2 is 2.21 bits per heavy atom. The Kier molecular flexibility index (Phi) is 2.98. The number of nitriles is 2. The standard InChI is InChI=1S/C13H16N4O2/c1-12-3-2-4-13(8-12,5-6-14)17(11(16)19)10(18)9(12)7-15/h9H,2-5,8H2,1H3,(H2,16,19)/t9-,12-,13-/m0/s1. The predicted molar refractivity (Wildman–Crippen MR) is 65.1 cm³/mol. The Morgan fingerprint density at radius 1 is 1.53 bits per heavy atom. The molecule has 0 aromatic carbocycles. The van der Waals surface area contributed by atoms with Gasteiger partial charge in [-0.15, -0.1) is 0 Å².